The van der Waals surface area contributed by atoms with Crippen LogP contribution in [0.2, 0.25) is 0 Å². The topological polar surface area (TPSA) is 58.6 Å². The van der Waals surface area contributed by atoms with Gasteiger partial charge >= 0.3 is 0 Å². The van der Waals surface area contributed by atoms with E-state index in [9.17, 15) is 9.59 Å². The fourth-order valence-electron chi connectivity index (χ4n) is 1.90. The number of carbonyl (C=O) groups excluding carboxylic acids is 2. The van der Waals surface area contributed by atoms with Crippen LogP contribution in [0.1, 0.15) is 24.2 Å². The van der Waals surface area contributed by atoms with E-state index in [0.717, 1.165) is 12.0 Å². The number of hydrogen-bond donors (Lipinski definition) is 1. The van der Waals surface area contributed by atoms with Crippen LogP contribution >= 0.6 is 0 Å². The number of nitrogens with one attached hydrogen (secondary N) is 1. The molecule has 5 nitrogen and oxygen atoms in total. The molecule has 0 fully saturated rings. The third-order valence-corrected chi connectivity index (χ3v) is 3.00. The number of aldehydes is 1. The zero-order valence-electron chi connectivity index (χ0n) is 11.4. The van der Waals surface area contributed by atoms with Crippen molar-refractivity contribution in [1.82, 2.24) is 4.90 Å². The molecule has 102 valence electrons. The maximum atomic E-state index is 12.1. The Morgan fingerprint density at radius 3 is 2.84 bits per heavy atom. The van der Waals surface area contributed by atoms with Gasteiger partial charge in [0.15, 0.2) is 0 Å². The van der Waals surface area contributed by atoms with Crippen LogP contribution in [0.25, 0.3) is 0 Å². The predicted molar refractivity (Wildman–Crippen MR) is 72.7 cm³/mol. The van der Waals surface area contributed by atoms with Gasteiger partial charge in [0, 0.05) is 18.8 Å². The van der Waals surface area contributed by atoms with Crippen LogP contribution in [0.3, 0.4) is 0 Å². The molecule has 0 saturated carbocycles. The minimum atomic E-state index is -0.653. The van der Waals surface area contributed by atoms with Crippen LogP contribution < -0.4 is 10.1 Å². The molecule has 1 aliphatic heterocycles. The molecule has 0 atom stereocenters. The first-order chi connectivity index (χ1) is 8.93. The van der Waals surface area contributed by atoms with Gasteiger partial charge in [-0.05, 0) is 26.0 Å². The summed E-state index contributed by atoms with van der Waals surface area (Å²) in [7, 11) is 1.75. The summed E-state index contributed by atoms with van der Waals surface area (Å²) in [6.07, 6.45) is 0.846. The summed E-state index contributed by atoms with van der Waals surface area (Å²) in [6, 6.07) is 5.27. The zero-order chi connectivity index (χ0) is 14.0. The van der Waals surface area contributed by atoms with Gasteiger partial charge in [-0.2, -0.15) is 0 Å². The number of amides is 1. The summed E-state index contributed by atoms with van der Waals surface area (Å²) in [5.41, 5.74) is 0.655. The summed E-state index contributed by atoms with van der Waals surface area (Å²) in [5.74, 6) is 0.509. The molecule has 0 aliphatic carbocycles. The van der Waals surface area contributed by atoms with Crippen molar-refractivity contribution < 1.29 is 14.3 Å². The number of rotatable bonds is 3. The third kappa shape index (κ3) is 2.86. The van der Waals surface area contributed by atoms with Crippen molar-refractivity contribution in [2.75, 3.05) is 25.5 Å². The van der Waals surface area contributed by atoms with E-state index in [-0.39, 0.29) is 5.91 Å². The molecule has 1 aromatic rings. The van der Waals surface area contributed by atoms with Gasteiger partial charge in [0.05, 0.1) is 17.6 Å². The van der Waals surface area contributed by atoms with Crippen molar-refractivity contribution in [3.63, 3.8) is 0 Å². The number of likely N-dealkylation sites (N-methyl/N-ethyl adjacent to an activating group) is 1. The summed E-state index contributed by atoms with van der Waals surface area (Å²) in [6.45, 7) is 4.60. The van der Waals surface area contributed by atoms with E-state index in [0.29, 0.717) is 24.5 Å². The zero-order valence-corrected chi connectivity index (χ0v) is 11.4. The molecule has 1 heterocycles. The number of carbonyl (C=O) groups is 2. The lowest BCUT2D eigenvalue weighted by Gasteiger charge is -2.21. The highest BCUT2D eigenvalue weighted by Crippen LogP contribution is 2.27. The molecular formula is C14H18N2O3. The molecule has 1 aromatic carbocycles. The number of fused-ring (bicyclic) bond motifs is 1. The second-order valence-corrected chi connectivity index (χ2v) is 5.25. The molecule has 0 spiro atoms. The van der Waals surface area contributed by atoms with Gasteiger partial charge in [-0.3, -0.25) is 4.79 Å². The van der Waals surface area contributed by atoms with Crippen LogP contribution in [0, 0.1) is 0 Å². The van der Waals surface area contributed by atoms with Crippen LogP contribution in [-0.2, 0) is 4.79 Å². The van der Waals surface area contributed by atoms with Gasteiger partial charge < -0.3 is 19.7 Å². The first-order valence-corrected chi connectivity index (χ1v) is 6.20. The number of ether oxygens (including phenoxy) is 1. The molecule has 0 unspecified atom stereocenters. The van der Waals surface area contributed by atoms with Crippen LogP contribution in [0.5, 0.6) is 5.75 Å². The number of hydrogen-bond acceptors (Lipinski definition) is 4. The molecule has 5 heteroatoms. The summed E-state index contributed by atoms with van der Waals surface area (Å²) in [4.78, 5) is 24.6. The minimum Gasteiger partial charge on any atom is -0.491 e. The Bertz CT molecular complexity index is 511. The SMILES string of the molecule is CN1CCOc2cc(NC(C)(C)C=O)ccc2C1=O. The van der Waals surface area contributed by atoms with Crippen molar-refractivity contribution in [3.8, 4) is 5.75 Å². The van der Waals surface area contributed by atoms with E-state index in [1.54, 1.807) is 44.0 Å². The van der Waals surface area contributed by atoms with E-state index >= 15 is 0 Å². The molecule has 1 N–H and O–H groups in total. The molecule has 1 amide bonds. The van der Waals surface area contributed by atoms with Crippen molar-refractivity contribution >= 4 is 17.9 Å². The van der Waals surface area contributed by atoms with E-state index in [4.69, 9.17) is 4.74 Å². The first-order valence-electron chi connectivity index (χ1n) is 6.20. The monoisotopic (exact) mass is 262 g/mol. The Balaban J connectivity index is 2.31. The first kappa shape index (κ1) is 13.4. The molecule has 0 aromatic heterocycles. The van der Waals surface area contributed by atoms with Crippen molar-refractivity contribution in [2.45, 2.75) is 19.4 Å². The van der Waals surface area contributed by atoms with Crippen LogP contribution in [-0.4, -0.2) is 42.8 Å². The Morgan fingerprint density at radius 1 is 1.42 bits per heavy atom. The summed E-state index contributed by atoms with van der Waals surface area (Å²) < 4.78 is 5.59. The maximum Gasteiger partial charge on any atom is 0.257 e. The van der Waals surface area contributed by atoms with Crippen molar-refractivity contribution in [3.05, 3.63) is 23.8 Å². The minimum absolute atomic E-state index is 0.0475. The van der Waals surface area contributed by atoms with E-state index in [1.165, 1.54) is 0 Å². The van der Waals surface area contributed by atoms with Crippen molar-refractivity contribution in [1.29, 1.82) is 0 Å². The maximum absolute atomic E-state index is 12.1. The highest BCUT2D eigenvalue weighted by molar-refractivity contribution is 5.97. The molecule has 0 bridgehead atoms. The van der Waals surface area contributed by atoms with Crippen LogP contribution in [0.4, 0.5) is 5.69 Å². The molecule has 19 heavy (non-hydrogen) atoms. The lowest BCUT2D eigenvalue weighted by atomic mass is 10.1. The molecule has 0 saturated heterocycles. The predicted octanol–water partition coefficient (Wildman–Crippen LogP) is 1.54. The van der Waals surface area contributed by atoms with Crippen molar-refractivity contribution in [2.24, 2.45) is 0 Å². The standard InChI is InChI=1S/C14H18N2O3/c1-14(2,9-17)15-10-4-5-11-12(8-10)19-7-6-16(3)13(11)18/h4-5,8-9,15H,6-7H2,1-3H3. The average Bonchev–Trinajstić information content (AvgIpc) is 2.50. The fourth-order valence-corrected chi connectivity index (χ4v) is 1.90. The van der Waals surface area contributed by atoms with E-state index in [1.807, 2.05) is 0 Å². The quantitative estimate of drug-likeness (QED) is 0.839. The number of anilines is 1. The highest BCUT2D eigenvalue weighted by atomic mass is 16.5. The molecule has 0 radical (unpaired) electrons. The van der Waals surface area contributed by atoms with Crippen LogP contribution in [0.15, 0.2) is 18.2 Å². The molecule has 1 aliphatic rings. The molecule has 2 rings (SSSR count). The van der Waals surface area contributed by atoms with Gasteiger partial charge in [0.1, 0.15) is 18.6 Å². The Labute approximate surface area is 112 Å². The van der Waals surface area contributed by atoms with Gasteiger partial charge in [-0.1, -0.05) is 0 Å². The normalized spacial score (nSPS) is 15.3. The van der Waals surface area contributed by atoms with Gasteiger partial charge in [0.25, 0.3) is 5.91 Å². The summed E-state index contributed by atoms with van der Waals surface area (Å²) in [5, 5.41) is 3.09. The number of nitrogens with zero attached hydrogens (tertiary/aromatic N) is 1. The second kappa shape index (κ2) is 4.91. The van der Waals surface area contributed by atoms with E-state index in [2.05, 4.69) is 5.32 Å². The van der Waals surface area contributed by atoms with Gasteiger partial charge in [-0.25, -0.2) is 0 Å². The fraction of sp³-hybridized carbons (Fsp3) is 0.429. The van der Waals surface area contributed by atoms with Gasteiger partial charge in [-0.15, -0.1) is 0 Å². The molecular weight excluding hydrogens is 244 g/mol. The third-order valence-electron chi connectivity index (χ3n) is 3.00. The Morgan fingerprint density at radius 2 is 2.16 bits per heavy atom. The average molecular weight is 262 g/mol. The van der Waals surface area contributed by atoms with E-state index < -0.39 is 5.54 Å². The Hall–Kier alpha value is -2.04. The highest BCUT2D eigenvalue weighted by Gasteiger charge is 2.22. The lowest BCUT2D eigenvalue weighted by molar-refractivity contribution is -0.110. The largest absolute Gasteiger partial charge is 0.491 e. The summed E-state index contributed by atoms with van der Waals surface area (Å²) >= 11 is 0. The van der Waals surface area contributed by atoms with Gasteiger partial charge in [0.2, 0.25) is 0 Å². The lowest BCUT2D eigenvalue weighted by Crippen LogP contribution is -2.32. The number of benzene rings is 1. The smallest absolute Gasteiger partial charge is 0.257 e. The second-order valence-electron chi connectivity index (χ2n) is 5.25. The Kier molecular flexibility index (Phi) is 3.46.